The van der Waals surface area contributed by atoms with E-state index in [-0.39, 0.29) is 0 Å². The minimum absolute atomic E-state index is 0.615. The van der Waals surface area contributed by atoms with Crippen LogP contribution >= 0.6 is 0 Å². The molecule has 0 aromatic heterocycles. The van der Waals surface area contributed by atoms with Crippen LogP contribution in [0.4, 0.5) is 0 Å². The van der Waals surface area contributed by atoms with E-state index in [0.29, 0.717) is 4.79 Å². The second-order valence-electron chi connectivity index (χ2n) is 5.10. The van der Waals surface area contributed by atoms with Crippen LogP contribution in [0, 0.1) is 0 Å². The normalized spacial score (nSPS) is 15.1. The van der Waals surface area contributed by atoms with Gasteiger partial charge in [0.05, 0.1) is 0 Å². The van der Waals surface area contributed by atoms with Crippen LogP contribution in [0.2, 0.25) is 4.79 Å². The van der Waals surface area contributed by atoms with Gasteiger partial charge in [-0.2, -0.15) is 0 Å². The Morgan fingerprint density at radius 1 is 0.545 bits per heavy atom. The fraction of sp³-hybridized carbons (Fsp3) is 1.00. The molecule has 0 saturated heterocycles. The van der Waals surface area contributed by atoms with Gasteiger partial charge in [-0.15, -0.1) is 0 Å². The van der Waals surface area contributed by atoms with Gasteiger partial charge in [-0.3, -0.25) is 0 Å². The molecule has 0 bridgehead atoms. The number of hydrogen-bond donors (Lipinski definition) is 0. The molecule has 0 N–H and O–H groups in total. The Bertz CT molecular complexity index is 206. The van der Waals surface area contributed by atoms with Crippen molar-refractivity contribution < 1.29 is 13.6 Å². The van der Waals surface area contributed by atoms with Crippen LogP contribution in [-0.2, 0) is 13.6 Å². The fourth-order valence-electron chi connectivity index (χ4n) is 2.00. The van der Waals surface area contributed by atoms with Crippen molar-refractivity contribution in [1.82, 2.24) is 15.2 Å². The molecule has 134 valence electrons. The van der Waals surface area contributed by atoms with Gasteiger partial charge < -0.3 is 13.6 Å². The molecule has 0 radical (unpaired) electrons. The number of nitrogens with zero attached hydrogens (tertiary/aromatic N) is 3. The Kier molecular flexibility index (Phi) is 15.2. The summed E-state index contributed by atoms with van der Waals surface area (Å²) in [6.07, 6.45) is 0. The molecule has 0 atom stereocenters. The van der Waals surface area contributed by atoms with Gasteiger partial charge in [-0.05, 0) is 0 Å². The average Bonchev–Trinajstić information content (AvgIpc) is 2.56. The van der Waals surface area contributed by atoms with E-state index in [9.17, 15) is 0 Å². The zero-order valence-electron chi connectivity index (χ0n) is 15.5. The Hall–Kier alpha value is 0.411. The lowest BCUT2D eigenvalue weighted by molar-refractivity contribution is -0.0582. The Morgan fingerprint density at radius 2 is 0.773 bits per heavy atom. The molecule has 6 nitrogen and oxygen atoms in total. The molecule has 0 saturated carbocycles. The molecule has 0 amide bonds. The van der Waals surface area contributed by atoms with E-state index in [4.69, 9.17) is 13.6 Å². The first kappa shape index (κ1) is 22.4. The maximum absolute atomic E-state index is 6.05. The largest absolute Gasteiger partial charge is 0.351 e. The maximum atomic E-state index is 6.05. The molecule has 0 unspecified atom stereocenters. The van der Waals surface area contributed by atoms with Crippen molar-refractivity contribution in [2.45, 2.75) is 46.3 Å². The van der Waals surface area contributed by atoms with Gasteiger partial charge in [0.15, 0.2) is 29.3 Å². The van der Waals surface area contributed by atoms with E-state index in [2.05, 4.69) is 56.7 Å². The quantitative estimate of drug-likeness (QED) is 0.294. The number of hydrogen-bond acceptors (Lipinski definition) is 6. The van der Waals surface area contributed by atoms with Crippen molar-refractivity contribution in [3.05, 3.63) is 0 Å². The van der Waals surface area contributed by atoms with Crippen LogP contribution in [0.3, 0.4) is 0 Å². The molecule has 0 heterocycles. The first-order chi connectivity index (χ1) is 10.6. The maximum Gasteiger partial charge on any atom is 0.192 e. The molecule has 0 spiro atoms. The lowest BCUT2D eigenvalue weighted by atomic mass is 10.6. The summed E-state index contributed by atoms with van der Waals surface area (Å²) in [7, 11) is -1.84. The summed E-state index contributed by atoms with van der Waals surface area (Å²) in [5.41, 5.74) is 0. The smallest absolute Gasteiger partial charge is 0.192 e. The van der Waals surface area contributed by atoms with Crippen molar-refractivity contribution in [2.75, 3.05) is 39.3 Å². The highest BCUT2D eigenvalue weighted by molar-refractivity contribution is 6.69. The highest BCUT2D eigenvalue weighted by Gasteiger charge is 2.18. The predicted octanol–water partition coefficient (Wildman–Crippen LogP) is -0.238. The monoisotopic (exact) mass is 367 g/mol. The molecule has 0 aliphatic carbocycles. The molecule has 0 fully saturated rings. The first-order valence-corrected chi connectivity index (χ1v) is 13.0. The molecule has 0 aromatic carbocycles. The van der Waals surface area contributed by atoms with Gasteiger partial charge in [0.25, 0.3) is 0 Å². The van der Waals surface area contributed by atoms with E-state index >= 15 is 0 Å². The molecule has 0 aliphatic rings. The highest BCUT2D eigenvalue weighted by Crippen LogP contribution is 2.06. The minimum atomic E-state index is -0.615. The van der Waals surface area contributed by atoms with E-state index in [1.54, 1.807) is 0 Å². The third-order valence-electron chi connectivity index (χ3n) is 3.59. The van der Waals surface area contributed by atoms with E-state index < -0.39 is 29.3 Å². The lowest BCUT2D eigenvalue weighted by Gasteiger charge is -2.26. The van der Waals surface area contributed by atoms with Crippen molar-refractivity contribution >= 4 is 29.3 Å². The lowest BCUT2D eigenvalue weighted by Crippen LogP contribution is -2.37. The van der Waals surface area contributed by atoms with E-state index in [1.165, 1.54) is 0 Å². The minimum Gasteiger partial charge on any atom is -0.351 e. The van der Waals surface area contributed by atoms with Crippen LogP contribution in [0.25, 0.3) is 0 Å². The fourth-order valence-corrected chi connectivity index (χ4v) is 7.41. The van der Waals surface area contributed by atoms with Gasteiger partial charge in [0, 0.05) is 44.1 Å². The SMILES string of the molecule is CCN(CC)O[SiH2]C([SiH2]ON(CC)CC)[SiH2]ON(CC)CC. The van der Waals surface area contributed by atoms with Crippen LogP contribution in [0.1, 0.15) is 41.5 Å². The van der Waals surface area contributed by atoms with Crippen LogP contribution < -0.4 is 0 Å². The van der Waals surface area contributed by atoms with Gasteiger partial charge in [-0.25, -0.2) is 15.2 Å². The van der Waals surface area contributed by atoms with Crippen molar-refractivity contribution in [1.29, 1.82) is 0 Å². The number of rotatable bonds is 15. The third kappa shape index (κ3) is 10.2. The summed E-state index contributed by atoms with van der Waals surface area (Å²) in [6.45, 7) is 18.5. The predicted molar refractivity (Wildman–Crippen MR) is 101 cm³/mol. The van der Waals surface area contributed by atoms with Crippen LogP contribution in [0.15, 0.2) is 0 Å². The molecule has 0 aromatic rings. The van der Waals surface area contributed by atoms with Gasteiger partial charge >= 0.3 is 0 Å². The zero-order valence-corrected chi connectivity index (χ0v) is 19.8. The van der Waals surface area contributed by atoms with Crippen molar-refractivity contribution in [3.63, 3.8) is 0 Å². The van der Waals surface area contributed by atoms with Crippen molar-refractivity contribution in [3.8, 4) is 0 Å². The Morgan fingerprint density at radius 3 is 0.955 bits per heavy atom. The van der Waals surface area contributed by atoms with E-state index in [1.807, 2.05) is 0 Å². The summed E-state index contributed by atoms with van der Waals surface area (Å²) in [5, 5.41) is 6.20. The zero-order chi connectivity index (χ0) is 16.8. The summed E-state index contributed by atoms with van der Waals surface area (Å²) < 4.78 is 18.1. The summed E-state index contributed by atoms with van der Waals surface area (Å²) >= 11 is 0. The van der Waals surface area contributed by atoms with Crippen molar-refractivity contribution in [2.24, 2.45) is 0 Å². The summed E-state index contributed by atoms with van der Waals surface area (Å²) in [5.74, 6) is 0. The molecule has 22 heavy (non-hydrogen) atoms. The summed E-state index contributed by atoms with van der Waals surface area (Å²) in [4.78, 5) is 0.627. The van der Waals surface area contributed by atoms with Crippen LogP contribution in [0.5, 0.6) is 0 Å². The van der Waals surface area contributed by atoms with Crippen LogP contribution in [-0.4, -0.2) is 83.7 Å². The third-order valence-corrected chi connectivity index (χ3v) is 10.8. The molecular weight excluding hydrogens is 330 g/mol. The second kappa shape index (κ2) is 15.0. The van der Waals surface area contributed by atoms with Gasteiger partial charge in [0.2, 0.25) is 0 Å². The molecule has 9 heteroatoms. The second-order valence-corrected chi connectivity index (χ2v) is 13.8. The first-order valence-electron chi connectivity index (χ1n) is 8.78. The Labute approximate surface area is 144 Å². The average molecular weight is 368 g/mol. The topological polar surface area (TPSA) is 37.4 Å². The van der Waals surface area contributed by atoms with Gasteiger partial charge in [-0.1, -0.05) is 41.5 Å². The summed E-state index contributed by atoms with van der Waals surface area (Å²) in [6, 6.07) is 0. The Balaban J connectivity index is 4.34. The standard InChI is InChI=1S/C13H37N3O3Si3/c1-7-14(8-2)17-20-13(21-18-15(9-3)10-4)22-19-16(11-5)12-6/h13H,7-12,20-22H2,1-6H3. The molecular formula is C13H37N3O3Si3. The van der Waals surface area contributed by atoms with Gasteiger partial charge in [0.1, 0.15) is 0 Å². The molecule has 0 rings (SSSR count). The highest BCUT2D eigenvalue weighted by atomic mass is 28.4. The molecule has 0 aliphatic heterocycles. The number of hydroxylamine groups is 6. The van der Waals surface area contributed by atoms with E-state index in [0.717, 1.165) is 39.3 Å².